The van der Waals surface area contributed by atoms with Gasteiger partial charge in [0.05, 0.1) is 0 Å². The molecule has 10 N–H and O–H groups in total. The number of hydrogen-bond donors (Lipinski definition) is 3. The zero-order valence-electron chi connectivity index (χ0n) is 8.47. The Balaban J connectivity index is -0.000000563. The highest BCUT2D eigenvalue weighted by Crippen LogP contribution is 2.08. The molecule has 0 aliphatic carbocycles. The third-order valence-corrected chi connectivity index (χ3v) is 1.69. The smallest absolute Gasteiger partial charge is 0.351 e. The van der Waals surface area contributed by atoms with Gasteiger partial charge in [-0.25, -0.2) is 4.79 Å². The first-order valence-corrected chi connectivity index (χ1v) is 3.81. The van der Waals surface area contributed by atoms with E-state index in [1.54, 1.807) is 30.3 Å². The lowest BCUT2D eigenvalue weighted by Crippen LogP contribution is -2.49. The van der Waals surface area contributed by atoms with E-state index in [4.69, 9.17) is 10.8 Å². The van der Waals surface area contributed by atoms with Crippen LogP contribution in [0.1, 0.15) is 5.56 Å². The topological polar surface area (TPSA) is 178 Å². The SMILES string of the molecule is NC(O)(Cc1ccccc1)C(=O)O.O.O.O. The minimum absolute atomic E-state index is 0. The zero-order valence-corrected chi connectivity index (χ0v) is 8.47. The number of rotatable bonds is 3. The number of aliphatic carboxylic acids is 1. The summed E-state index contributed by atoms with van der Waals surface area (Å²) in [5.41, 5.74) is 3.66. The summed E-state index contributed by atoms with van der Waals surface area (Å²) in [6.45, 7) is 0. The van der Waals surface area contributed by atoms with Crippen LogP contribution in [0.15, 0.2) is 30.3 Å². The van der Waals surface area contributed by atoms with Crippen LogP contribution in [-0.4, -0.2) is 38.3 Å². The van der Waals surface area contributed by atoms with Crippen LogP contribution in [-0.2, 0) is 11.2 Å². The van der Waals surface area contributed by atoms with Crippen molar-refractivity contribution in [2.24, 2.45) is 5.73 Å². The Morgan fingerprint density at radius 3 is 2.00 bits per heavy atom. The molecule has 0 aliphatic rings. The Hall–Kier alpha value is -1.51. The maximum absolute atomic E-state index is 10.5. The molecule has 7 heteroatoms. The van der Waals surface area contributed by atoms with Gasteiger partial charge in [0.2, 0.25) is 5.72 Å². The predicted molar refractivity (Wildman–Crippen MR) is 57.8 cm³/mol. The molecule has 0 heterocycles. The van der Waals surface area contributed by atoms with Crippen molar-refractivity contribution in [3.8, 4) is 0 Å². The molecular formula is C9H17NO6. The molecule has 0 spiro atoms. The highest BCUT2D eigenvalue weighted by molar-refractivity contribution is 5.76. The summed E-state index contributed by atoms with van der Waals surface area (Å²) in [6, 6.07) is 8.74. The molecule has 0 fully saturated rings. The monoisotopic (exact) mass is 235 g/mol. The van der Waals surface area contributed by atoms with Gasteiger partial charge >= 0.3 is 5.97 Å². The number of benzene rings is 1. The number of hydrogen-bond acceptors (Lipinski definition) is 3. The third kappa shape index (κ3) is 5.39. The second-order valence-electron chi connectivity index (χ2n) is 2.89. The molecule has 0 saturated heterocycles. The quantitative estimate of drug-likeness (QED) is 0.490. The Bertz CT molecular complexity index is 300. The molecule has 1 atom stereocenters. The van der Waals surface area contributed by atoms with E-state index in [9.17, 15) is 9.90 Å². The van der Waals surface area contributed by atoms with Crippen LogP contribution in [0.5, 0.6) is 0 Å². The van der Waals surface area contributed by atoms with Gasteiger partial charge < -0.3 is 26.6 Å². The summed E-state index contributed by atoms with van der Waals surface area (Å²) in [5.74, 6) is -1.42. The Morgan fingerprint density at radius 2 is 1.62 bits per heavy atom. The third-order valence-electron chi connectivity index (χ3n) is 1.69. The first-order chi connectivity index (χ1) is 6.02. The molecule has 1 rings (SSSR count). The highest BCUT2D eigenvalue weighted by Gasteiger charge is 2.30. The fraction of sp³-hybridized carbons (Fsp3) is 0.222. The van der Waals surface area contributed by atoms with Gasteiger partial charge in [-0.2, -0.15) is 0 Å². The van der Waals surface area contributed by atoms with E-state index in [0.29, 0.717) is 5.56 Å². The Morgan fingerprint density at radius 1 is 1.19 bits per heavy atom. The standard InChI is InChI=1S/C9H11NO3.3H2O/c10-9(13,8(11)12)6-7-4-2-1-3-5-7;;;/h1-5,13H,6,10H2,(H,11,12);3*1H2. The van der Waals surface area contributed by atoms with Crippen LogP contribution in [0.3, 0.4) is 0 Å². The zero-order chi connectivity index (χ0) is 9.90. The van der Waals surface area contributed by atoms with Gasteiger partial charge in [0.1, 0.15) is 0 Å². The first-order valence-electron chi connectivity index (χ1n) is 3.81. The van der Waals surface area contributed by atoms with Crippen molar-refractivity contribution in [2.45, 2.75) is 12.1 Å². The minimum Gasteiger partial charge on any atom is -0.478 e. The molecule has 0 saturated carbocycles. The molecule has 94 valence electrons. The largest absolute Gasteiger partial charge is 0.478 e. The number of carboxylic acid groups (broad SMARTS) is 1. The maximum Gasteiger partial charge on any atom is 0.351 e. The lowest BCUT2D eigenvalue weighted by Gasteiger charge is -2.17. The summed E-state index contributed by atoms with van der Waals surface area (Å²) in [7, 11) is 0. The van der Waals surface area contributed by atoms with Crippen molar-refractivity contribution in [1.29, 1.82) is 0 Å². The van der Waals surface area contributed by atoms with E-state index in [1.165, 1.54) is 0 Å². The van der Waals surface area contributed by atoms with Gasteiger partial charge in [-0.1, -0.05) is 30.3 Å². The molecule has 0 radical (unpaired) electrons. The fourth-order valence-electron chi connectivity index (χ4n) is 0.983. The molecule has 1 unspecified atom stereocenters. The minimum atomic E-state index is -2.18. The van der Waals surface area contributed by atoms with Gasteiger partial charge in [0.15, 0.2) is 0 Å². The average Bonchev–Trinajstić information content (AvgIpc) is 2.05. The van der Waals surface area contributed by atoms with Crippen LogP contribution >= 0.6 is 0 Å². The van der Waals surface area contributed by atoms with Crippen LogP contribution in [0, 0.1) is 0 Å². The lowest BCUT2D eigenvalue weighted by molar-refractivity contribution is -0.157. The van der Waals surface area contributed by atoms with Gasteiger partial charge in [0.25, 0.3) is 0 Å². The predicted octanol–water partition coefficient (Wildman–Crippen LogP) is -2.51. The van der Waals surface area contributed by atoms with Gasteiger partial charge in [0, 0.05) is 6.42 Å². The van der Waals surface area contributed by atoms with Crippen LogP contribution in [0.4, 0.5) is 0 Å². The molecule has 0 aromatic heterocycles. The molecule has 0 bridgehead atoms. The fourth-order valence-corrected chi connectivity index (χ4v) is 0.983. The average molecular weight is 235 g/mol. The second-order valence-corrected chi connectivity index (χ2v) is 2.89. The molecule has 1 aromatic carbocycles. The van der Waals surface area contributed by atoms with Gasteiger partial charge in [-0.3, -0.25) is 5.73 Å². The number of aliphatic hydroxyl groups is 1. The van der Waals surface area contributed by atoms with Crippen LogP contribution in [0.2, 0.25) is 0 Å². The van der Waals surface area contributed by atoms with Crippen molar-refractivity contribution < 1.29 is 31.4 Å². The van der Waals surface area contributed by atoms with Crippen molar-refractivity contribution in [1.82, 2.24) is 0 Å². The molecule has 1 aromatic rings. The van der Waals surface area contributed by atoms with Gasteiger partial charge in [-0.05, 0) is 5.56 Å². The summed E-state index contributed by atoms with van der Waals surface area (Å²) >= 11 is 0. The lowest BCUT2D eigenvalue weighted by atomic mass is 10.0. The normalized spacial score (nSPS) is 12.1. The summed E-state index contributed by atoms with van der Waals surface area (Å²) in [5, 5.41) is 17.8. The molecule has 16 heavy (non-hydrogen) atoms. The molecular weight excluding hydrogens is 218 g/mol. The van der Waals surface area contributed by atoms with E-state index < -0.39 is 11.7 Å². The van der Waals surface area contributed by atoms with E-state index in [1.807, 2.05) is 0 Å². The molecule has 0 aliphatic heterocycles. The van der Waals surface area contributed by atoms with Crippen molar-refractivity contribution >= 4 is 5.97 Å². The number of carbonyl (C=O) groups is 1. The van der Waals surface area contributed by atoms with Gasteiger partial charge in [-0.15, -0.1) is 0 Å². The van der Waals surface area contributed by atoms with E-state index in [-0.39, 0.29) is 22.8 Å². The molecule has 0 amide bonds. The van der Waals surface area contributed by atoms with Crippen molar-refractivity contribution in [3.05, 3.63) is 35.9 Å². The summed E-state index contributed by atoms with van der Waals surface area (Å²) in [6.07, 6.45) is -0.0941. The summed E-state index contributed by atoms with van der Waals surface area (Å²) in [4.78, 5) is 10.5. The van der Waals surface area contributed by atoms with E-state index in [2.05, 4.69) is 0 Å². The molecule has 7 nitrogen and oxygen atoms in total. The number of carboxylic acids is 1. The van der Waals surface area contributed by atoms with E-state index >= 15 is 0 Å². The number of nitrogens with two attached hydrogens (primary N) is 1. The summed E-state index contributed by atoms with van der Waals surface area (Å²) < 4.78 is 0. The Labute approximate surface area is 92.1 Å². The highest BCUT2D eigenvalue weighted by atomic mass is 16.4. The van der Waals surface area contributed by atoms with Crippen LogP contribution in [0.25, 0.3) is 0 Å². The Kier molecular flexibility index (Phi) is 9.66. The first kappa shape index (κ1) is 20.0. The van der Waals surface area contributed by atoms with E-state index in [0.717, 1.165) is 0 Å². The second kappa shape index (κ2) is 7.74. The maximum atomic E-state index is 10.5. The van der Waals surface area contributed by atoms with Crippen molar-refractivity contribution in [3.63, 3.8) is 0 Å². The van der Waals surface area contributed by atoms with Crippen molar-refractivity contribution in [2.75, 3.05) is 0 Å². The van der Waals surface area contributed by atoms with Crippen LogP contribution < -0.4 is 5.73 Å².